The molecule has 4 nitrogen and oxygen atoms in total. The molecule has 18 heavy (non-hydrogen) atoms. The van der Waals surface area contributed by atoms with Crippen LogP contribution >= 0.6 is 0 Å². The van der Waals surface area contributed by atoms with E-state index in [0.717, 1.165) is 25.9 Å². The molecule has 108 valence electrons. The Labute approximate surface area is 112 Å². The van der Waals surface area contributed by atoms with Gasteiger partial charge in [0.1, 0.15) is 0 Å². The van der Waals surface area contributed by atoms with Crippen molar-refractivity contribution in [2.75, 3.05) is 31.1 Å². The molecule has 0 radical (unpaired) electrons. The number of nitrogens with zero attached hydrogens (tertiary/aromatic N) is 1. The Kier molecular flexibility index (Phi) is 5.62. The molecule has 1 unspecified atom stereocenters. The first-order valence-electron chi connectivity index (χ1n) is 7.08. The summed E-state index contributed by atoms with van der Waals surface area (Å²) in [7, 11) is -2.89. The lowest BCUT2D eigenvalue weighted by Crippen LogP contribution is -2.56. The summed E-state index contributed by atoms with van der Waals surface area (Å²) in [6.45, 7) is 8.79. The fourth-order valence-electron chi connectivity index (χ4n) is 2.96. The van der Waals surface area contributed by atoms with Crippen LogP contribution in [-0.2, 0) is 9.84 Å². The highest BCUT2D eigenvalue weighted by atomic mass is 32.2. The number of likely N-dealkylation sites (N-methyl/N-ethyl adjacent to an activating group) is 1. The number of rotatable bonds is 7. The summed E-state index contributed by atoms with van der Waals surface area (Å²) >= 11 is 0. The maximum Gasteiger partial charge on any atom is 0.152 e. The van der Waals surface area contributed by atoms with E-state index < -0.39 is 9.84 Å². The van der Waals surface area contributed by atoms with Crippen molar-refractivity contribution < 1.29 is 8.42 Å². The maximum absolute atomic E-state index is 11.8. The quantitative estimate of drug-likeness (QED) is 0.760. The molecule has 5 heteroatoms. The predicted molar refractivity (Wildman–Crippen MR) is 76.4 cm³/mol. The Bertz CT molecular complexity index is 352. The van der Waals surface area contributed by atoms with Gasteiger partial charge in [-0.1, -0.05) is 33.6 Å². The van der Waals surface area contributed by atoms with Gasteiger partial charge in [-0.2, -0.15) is 0 Å². The van der Waals surface area contributed by atoms with Gasteiger partial charge in [0, 0.05) is 18.6 Å². The Hall–Kier alpha value is -0.130. The van der Waals surface area contributed by atoms with E-state index in [0.29, 0.717) is 24.6 Å². The lowest BCUT2D eigenvalue weighted by molar-refractivity contribution is 0.0992. The van der Waals surface area contributed by atoms with Crippen molar-refractivity contribution in [2.24, 2.45) is 11.7 Å². The van der Waals surface area contributed by atoms with E-state index in [9.17, 15) is 8.42 Å². The summed E-state index contributed by atoms with van der Waals surface area (Å²) in [6, 6.07) is 0. The highest BCUT2D eigenvalue weighted by molar-refractivity contribution is 7.91. The fourth-order valence-corrected chi connectivity index (χ4v) is 5.05. The van der Waals surface area contributed by atoms with Crippen molar-refractivity contribution >= 4 is 9.84 Å². The summed E-state index contributed by atoms with van der Waals surface area (Å²) in [5.74, 6) is 1.17. The Morgan fingerprint density at radius 3 is 2.22 bits per heavy atom. The van der Waals surface area contributed by atoms with Gasteiger partial charge in [-0.25, -0.2) is 8.42 Å². The normalized spacial score (nSPS) is 27.2. The standard InChI is InChI=1S/C13H28N2O2S/c1-4-12(5-2)9-15(6-3)13(10-14)7-8-18(16,17)11-13/h12H,4-11,14H2,1-3H3. The van der Waals surface area contributed by atoms with Crippen LogP contribution in [0.4, 0.5) is 0 Å². The molecule has 0 saturated carbocycles. The smallest absolute Gasteiger partial charge is 0.152 e. The van der Waals surface area contributed by atoms with Crippen LogP contribution in [0.2, 0.25) is 0 Å². The van der Waals surface area contributed by atoms with E-state index >= 15 is 0 Å². The molecule has 0 aromatic rings. The zero-order chi connectivity index (χ0) is 13.8. The molecule has 0 aromatic heterocycles. The van der Waals surface area contributed by atoms with E-state index in [1.807, 2.05) is 0 Å². The van der Waals surface area contributed by atoms with Crippen molar-refractivity contribution in [3.8, 4) is 0 Å². The van der Waals surface area contributed by atoms with Crippen LogP contribution in [0, 0.1) is 5.92 Å². The Morgan fingerprint density at radius 2 is 1.89 bits per heavy atom. The van der Waals surface area contributed by atoms with E-state index in [-0.39, 0.29) is 11.3 Å². The van der Waals surface area contributed by atoms with E-state index in [1.54, 1.807) is 0 Å². The van der Waals surface area contributed by atoms with Gasteiger partial charge in [0.05, 0.1) is 11.5 Å². The molecule has 1 saturated heterocycles. The minimum absolute atomic E-state index is 0.241. The van der Waals surface area contributed by atoms with Crippen molar-refractivity contribution in [3.05, 3.63) is 0 Å². The second-order valence-corrected chi connectivity index (χ2v) is 7.68. The van der Waals surface area contributed by atoms with E-state index in [4.69, 9.17) is 5.73 Å². The largest absolute Gasteiger partial charge is 0.329 e. The van der Waals surface area contributed by atoms with Crippen molar-refractivity contribution in [1.29, 1.82) is 0 Å². The van der Waals surface area contributed by atoms with Gasteiger partial charge in [0.2, 0.25) is 0 Å². The lowest BCUT2D eigenvalue weighted by Gasteiger charge is -2.40. The highest BCUT2D eigenvalue weighted by Gasteiger charge is 2.45. The molecule has 1 rings (SSSR count). The van der Waals surface area contributed by atoms with Gasteiger partial charge >= 0.3 is 0 Å². The first-order valence-corrected chi connectivity index (χ1v) is 8.90. The maximum atomic E-state index is 11.8. The van der Waals surface area contributed by atoms with Crippen LogP contribution in [-0.4, -0.2) is 50.0 Å². The number of nitrogens with two attached hydrogens (primary N) is 1. The van der Waals surface area contributed by atoms with Gasteiger partial charge in [0.25, 0.3) is 0 Å². The Morgan fingerprint density at radius 1 is 1.28 bits per heavy atom. The minimum atomic E-state index is -2.89. The zero-order valence-electron chi connectivity index (χ0n) is 12.0. The van der Waals surface area contributed by atoms with E-state index in [2.05, 4.69) is 25.7 Å². The third-order valence-corrected chi connectivity index (χ3v) is 6.24. The monoisotopic (exact) mass is 276 g/mol. The average molecular weight is 276 g/mol. The Balaban J connectivity index is 2.84. The molecule has 0 aliphatic carbocycles. The summed E-state index contributed by atoms with van der Waals surface area (Å²) in [5, 5.41) is 0. The molecule has 0 aromatic carbocycles. The summed E-state index contributed by atoms with van der Waals surface area (Å²) in [5.41, 5.74) is 5.61. The van der Waals surface area contributed by atoms with Gasteiger partial charge in [0.15, 0.2) is 9.84 Å². The van der Waals surface area contributed by atoms with Crippen LogP contribution in [0.1, 0.15) is 40.0 Å². The molecular weight excluding hydrogens is 248 g/mol. The molecule has 0 spiro atoms. The third-order valence-electron chi connectivity index (χ3n) is 4.43. The SMILES string of the molecule is CCC(CC)CN(CC)C1(CN)CCS(=O)(=O)C1. The van der Waals surface area contributed by atoms with Crippen LogP contribution in [0.25, 0.3) is 0 Å². The van der Waals surface area contributed by atoms with Crippen LogP contribution in [0.15, 0.2) is 0 Å². The van der Waals surface area contributed by atoms with Gasteiger partial charge in [-0.15, -0.1) is 0 Å². The van der Waals surface area contributed by atoms with Gasteiger partial charge in [-0.05, 0) is 18.9 Å². The minimum Gasteiger partial charge on any atom is -0.329 e. The second-order valence-electron chi connectivity index (χ2n) is 5.49. The van der Waals surface area contributed by atoms with Gasteiger partial charge < -0.3 is 5.73 Å². The fraction of sp³-hybridized carbons (Fsp3) is 1.00. The topological polar surface area (TPSA) is 63.4 Å². The predicted octanol–water partition coefficient (Wildman–Crippen LogP) is 1.26. The number of sulfone groups is 1. The lowest BCUT2D eigenvalue weighted by atomic mass is 9.93. The van der Waals surface area contributed by atoms with Crippen molar-refractivity contribution in [1.82, 2.24) is 4.90 Å². The van der Waals surface area contributed by atoms with Crippen LogP contribution in [0.3, 0.4) is 0 Å². The number of hydrogen-bond donors (Lipinski definition) is 1. The molecule has 0 bridgehead atoms. The first kappa shape index (κ1) is 15.9. The molecule has 0 amide bonds. The summed E-state index contributed by atoms with van der Waals surface area (Å²) in [4.78, 5) is 2.31. The highest BCUT2D eigenvalue weighted by Crippen LogP contribution is 2.30. The third kappa shape index (κ3) is 3.45. The van der Waals surface area contributed by atoms with Crippen molar-refractivity contribution in [2.45, 2.75) is 45.6 Å². The van der Waals surface area contributed by atoms with Crippen LogP contribution in [0.5, 0.6) is 0 Å². The molecule has 1 aliphatic rings. The first-order chi connectivity index (χ1) is 8.43. The molecule has 1 atom stereocenters. The molecule has 1 fully saturated rings. The molecule has 1 aliphatic heterocycles. The average Bonchev–Trinajstić information content (AvgIpc) is 2.68. The van der Waals surface area contributed by atoms with E-state index in [1.165, 1.54) is 0 Å². The number of hydrogen-bond acceptors (Lipinski definition) is 4. The summed E-state index contributed by atoms with van der Waals surface area (Å²) < 4.78 is 23.5. The second kappa shape index (κ2) is 6.35. The molecule has 2 N–H and O–H groups in total. The zero-order valence-corrected chi connectivity index (χ0v) is 12.8. The molecule has 1 heterocycles. The van der Waals surface area contributed by atoms with Crippen molar-refractivity contribution in [3.63, 3.8) is 0 Å². The molecular formula is C13H28N2O2S. The van der Waals surface area contributed by atoms with Gasteiger partial charge in [-0.3, -0.25) is 4.90 Å². The summed E-state index contributed by atoms with van der Waals surface area (Å²) in [6.07, 6.45) is 2.97. The van der Waals surface area contributed by atoms with Crippen LogP contribution < -0.4 is 5.73 Å².